The highest BCUT2D eigenvalue weighted by atomic mass is 16.6. The smallest absolute Gasteiger partial charge is 0.338 e. The van der Waals surface area contributed by atoms with Gasteiger partial charge in [-0.3, -0.25) is 10.1 Å². The molecule has 1 aliphatic rings. The van der Waals surface area contributed by atoms with Crippen LogP contribution >= 0.6 is 0 Å². The fraction of sp³-hybridized carbons (Fsp3) is 0.250. The maximum absolute atomic E-state index is 11.4. The third kappa shape index (κ3) is 2.18. The van der Waals surface area contributed by atoms with E-state index in [-0.39, 0.29) is 23.5 Å². The first-order valence-corrected chi connectivity index (χ1v) is 6.20. The lowest BCUT2D eigenvalue weighted by Gasteiger charge is -2.29. The van der Waals surface area contributed by atoms with Gasteiger partial charge in [0.1, 0.15) is 12.0 Å². The van der Waals surface area contributed by atoms with E-state index in [1.807, 2.05) is 4.57 Å². The second kappa shape index (κ2) is 4.85. The molecule has 9 nitrogen and oxygen atoms in total. The van der Waals surface area contributed by atoms with Crippen LogP contribution in [0.4, 0.5) is 11.4 Å². The molecule has 2 heterocycles. The number of nitro groups is 1. The minimum absolute atomic E-state index is 0.0860. The summed E-state index contributed by atoms with van der Waals surface area (Å²) in [5, 5.41) is 28.2. The number of carbonyl (C=O) groups is 1. The van der Waals surface area contributed by atoms with Crippen LogP contribution in [-0.2, 0) is 13.1 Å². The molecule has 0 fully saturated rings. The van der Waals surface area contributed by atoms with E-state index in [0.717, 1.165) is 0 Å². The average Bonchev–Trinajstić information content (AvgIpc) is 2.93. The molecule has 2 aromatic rings. The summed E-state index contributed by atoms with van der Waals surface area (Å²) in [6, 6.07) is 4.04. The van der Waals surface area contributed by atoms with Crippen molar-refractivity contribution in [1.82, 2.24) is 14.8 Å². The number of anilines is 1. The normalized spacial score (nSPS) is 13.8. The molecule has 0 aliphatic carbocycles. The number of nitrogens with zero attached hydrogens (tertiary/aromatic N) is 5. The van der Waals surface area contributed by atoms with Crippen molar-refractivity contribution in [1.29, 1.82) is 0 Å². The van der Waals surface area contributed by atoms with Gasteiger partial charge in [0.05, 0.1) is 17.0 Å². The van der Waals surface area contributed by atoms with Gasteiger partial charge in [0.15, 0.2) is 5.82 Å². The number of carboxylic acids is 1. The van der Waals surface area contributed by atoms with E-state index in [0.29, 0.717) is 18.9 Å². The van der Waals surface area contributed by atoms with Crippen molar-refractivity contribution < 1.29 is 14.8 Å². The number of nitro benzene ring substituents is 1. The molecule has 0 spiro atoms. The van der Waals surface area contributed by atoms with Crippen molar-refractivity contribution in [2.24, 2.45) is 0 Å². The van der Waals surface area contributed by atoms with Crippen LogP contribution in [0.25, 0.3) is 0 Å². The Morgan fingerprint density at radius 3 is 2.90 bits per heavy atom. The average molecular weight is 289 g/mol. The Kier molecular flexibility index (Phi) is 3.01. The minimum Gasteiger partial charge on any atom is -0.478 e. The first-order valence-electron chi connectivity index (χ1n) is 6.20. The SMILES string of the molecule is O=C(O)c1cccc([N+](=O)[O-])c1N1CCn2cnnc2C1. The molecule has 108 valence electrons. The molecule has 3 rings (SSSR count). The van der Waals surface area contributed by atoms with Crippen LogP contribution < -0.4 is 4.90 Å². The van der Waals surface area contributed by atoms with Crippen LogP contribution in [0.1, 0.15) is 16.2 Å². The van der Waals surface area contributed by atoms with Gasteiger partial charge in [-0.2, -0.15) is 0 Å². The third-order valence-electron chi connectivity index (χ3n) is 3.40. The molecule has 21 heavy (non-hydrogen) atoms. The topological polar surface area (TPSA) is 114 Å². The van der Waals surface area contributed by atoms with E-state index < -0.39 is 10.9 Å². The number of para-hydroxylation sites is 1. The first-order chi connectivity index (χ1) is 10.1. The zero-order valence-electron chi connectivity index (χ0n) is 10.8. The summed E-state index contributed by atoms with van der Waals surface area (Å²) in [7, 11) is 0. The van der Waals surface area contributed by atoms with Crippen molar-refractivity contribution in [2.45, 2.75) is 13.1 Å². The number of aromatic carboxylic acids is 1. The van der Waals surface area contributed by atoms with Gasteiger partial charge in [0.2, 0.25) is 0 Å². The standard InChI is InChI=1S/C12H11N5O4/c18-12(19)8-2-1-3-9(17(20)21)11(8)15-4-5-16-7-13-14-10(16)6-15/h1-3,7H,4-6H2,(H,18,19). The number of carboxylic acid groups (broad SMARTS) is 1. The zero-order valence-corrected chi connectivity index (χ0v) is 10.8. The fourth-order valence-corrected chi connectivity index (χ4v) is 2.44. The molecule has 0 saturated heterocycles. The first kappa shape index (κ1) is 13.0. The van der Waals surface area contributed by atoms with Gasteiger partial charge < -0.3 is 14.6 Å². The number of hydrogen-bond donors (Lipinski definition) is 1. The molecule has 9 heteroatoms. The van der Waals surface area contributed by atoms with Crippen molar-refractivity contribution in [3.63, 3.8) is 0 Å². The minimum atomic E-state index is -1.19. The number of hydrogen-bond acceptors (Lipinski definition) is 6. The molecular formula is C12H11N5O4. The quantitative estimate of drug-likeness (QED) is 0.659. The van der Waals surface area contributed by atoms with E-state index >= 15 is 0 Å². The highest BCUT2D eigenvalue weighted by Crippen LogP contribution is 2.34. The summed E-state index contributed by atoms with van der Waals surface area (Å²) in [6.07, 6.45) is 1.59. The molecular weight excluding hydrogens is 278 g/mol. The highest BCUT2D eigenvalue weighted by molar-refractivity contribution is 5.97. The molecule has 0 amide bonds. The number of rotatable bonds is 3. The lowest BCUT2D eigenvalue weighted by atomic mass is 10.1. The van der Waals surface area contributed by atoms with Crippen LogP contribution in [0.2, 0.25) is 0 Å². The molecule has 0 unspecified atom stereocenters. The van der Waals surface area contributed by atoms with Crippen LogP contribution in [0.5, 0.6) is 0 Å². The summed E-state index contributed by atoms with van der Waals surface area (Å²) in [5.74, 6) is -0.545. The van der Waals surface area contributed by atoms with Crippen molar-refractivity contribution >= 4 is 17.3 Å². The number of aromatic nitrogens is 3. The molecule has 1 aliphatic heterocycles. The van der Waals surface area contributed by atoms with Crippen LogP contribution in [0.15, 0.2) is 24.5 Å². The Balaban J connectivity index is 2.09. The Morgan fingerprint density at radius 1 is 1.38 bits per heavy atom. The predicted molar refractivity (Wildman–Crippen MR) is 71.1 cm³/mol. The molecule has 0 bridgehead atoms. The molecule has 0 saturated carbocycles. The van der Waals surface area contributed by atoms with E-state index in [4.69, 9.17) is 0 Å². The van der Waals surface area contributed by atoms with E-state index in [1.54, 1.807) is 11.2 Å². The lowest BCUT2D eigenvalue weighted by Crippen LogP contribution is -2.35. The fourth-order valence-electron chi connectivity index (χ4n) is 2.44. The van der Waals surface area contributed by atoms with E-state index in [1.165, 1.54) is 18.2 Å². The van der Waals surface area contributed by atoms with Crippen molar-refractivity contribution in [3.05, 3.63) is 46.0 Å². The Labute approximate surface area is 118 Å². The maximum atomic E-state index is 11.4. The van der Waals surface area contributed by atoms with Crippen molar-refractivity contribution in [2.75, 3.05) is 11.4 Å². The lowest BCUT2D eigenvalue weighted by molar-refractivity contribution is -0.384. The van der Waals surface area contributed by atoms with Crippen LogP contribution in [0.3, 0.4) is 0 Å². The monoisotopic (exact) mass is 289 g/mol. The Hall–Kier alpha value is -2.97. The second-order valence-electron chi connectivity index (χ2n) is 4.60. The molecule has 0 radical (unpaired) electrons. The van der Waals surface area contributed by atoms with Crippen LogP contribution in [0, 0.1) is 10.1 Å². The third-order valence-corrected chi connectivity index (χ3v) is 3.40. The largest absolute Gasteiger partial charge is 0.478 e. The maximum Gasteiger partial charge on any atom is 0.338 e. The summed E-state index contributed by atoms with van der Waals surface area (Å²) in [5.41, 5.74) is -0.190. The summed E-state index contributed by atoms with van der Waals surface area (Å²) in [4.78, 5) is 23.6. The van der Waals surface area contributed by atoms with E-state index in [2.05, 4.69) is 10.2 Å². The molecule has 1 aromatic heterocycles. The summed E-state index contributed by atoms with van der Waals surface area (Å²) < 4.78 is 1.84. The van der Waals surface area contributed by atoms with Gasteiger partial charge in [-0.25, -0.2) is 4.79 Å². The van der Waals surface area contributed by atoms with Crippen LogP contribution in [-0.4, -0.2) is 37.3 Å². The summed E-state index contributed by atoms with van der Waals surface area (Å²) >= 11 is 0. The van der Waals surface area contributed by atoms with Gasteiger partial charge in [-0.1, -0.05) is 6.07 Å². The molecule has 1 aromatic carbocycles. The molecule has 0 atom stereocenters. The Bertz CT molecular complexity index is 694. The molecule has 1 N–H and O–H groups in total. The second-order valence-corrected chi connectivity index (χ2v) is 4.60. The Morgan fingerprint density at radius 2 is 2.19 bits per heavy atom. The summed E-state index contributed by atoms with van der Waals surface area (Å²) in [6.45, 7) is 1.29. The predicted octanol–water partition coefficient (Wildman–Crippen LogP) is 0.905. The van der Waals surface area contributed by atoms with E-state index in [9.17, 15) is 20.0 Å². The van der Waals surface area contributed by atoms with Gasteiger partial charge in [-0.15, -0.1) is 10.2 Å². The van der Waals surface area contributed by atoms with Gasteiger partial charge in [-0.05, 0) is 6.07 Å². The van der Waals surface area contributed by atoms with Crippen molar-refractivity contribution in [3.8, 4) is 0 Å². The van der Waals surface area contributed by atoms with Gasteiger partial charge in [0, 0.05) is 19.2 Å². The highest BCUT2D eigenvalue weighted by Gasteiger charge is 2.29. The number of fused-ring (bicyclic) bond motifs is 1. The van der Waals surface area contributed by atoms with Gasteiger partial charge in [0.25, 0.3) is 5.69 Å². The zero-order chi connectivity index (χ0) is 15.0. The number of benzene rings is 1. The van der Waals surface area contributed by atoms with Gasteiger partial charge >= 0.3 is 5.97 Å².